The van der Waals surface area contributed by atoms with E-state index in [-0.39, 0.29) is 0 Å². The van der Waals surface area contributed by atoms with Gasteiger partial charge in [0.15, 0.2) is 0 Å². The van der Waals surface area contributed by atoms with Gasteiger partial charge in [0.1, 0.15) is 0 Å². The summed E-state index contributed by atoms with van der Waals surface area (Å²) in [5.74, 6) is 0.641. The fraction of sp³-hybridized carbons (Fsp3) is 0.444. The van der Waals surface area contributed by atoms with Crippen LogP contribution in [-0.4, -0.2) is 12.6 Å². The van der Waals surface area contributed by atoms with Gasteiger partial charge in [0.2, 0.25) is 0 Å². The predicted molar refractivity (Wildman–Crippen MR) is 92.4 cm³/mol. The quantitative estimate of drug-likeness (QED) is 0.768. The summed E-state index contributed by atoms with van der Waals surface area (Å²) in [5.41, 5.74) is 2.79. The highest BCUT2D eigenvalue weighted by atomic mass is 35.5. The molecule has 1 heterocycles. The van der Waals surface area contributed by atoms with Crippen LogP contribution in [0.5, 0.6) is 0 Å². The van der Waals surface area contributed by atoms with E-state index in [4.69, 9.17) is 11.6 Å². The molecule has 3 rings (SSSR count). The lowest BCUT2D eigenvalue weighted by Crippen LogP contribution is -2.27. The Hall–Kier alpha value is -0.830. The molecule has 1 aromatic carbocycles. The highest BCUT2D eigenvalue weighted by Gasteiger charge is 2.22. The number of halogens is 1. The van der Waals surface area contributed by atoms with E-state index in [1.54, 1.807) is 11.3 Å². The predicted octanol–water partition coefficient (Wildman–Crippen LogP) is 4.86. The first-order valence-corrected chi connectivity index (χ1v) is 8.91. The number of nitrogens with one attached hydrogen (secondary N) is 1. The third-order valence-electron chi connectivity index (χ3n) is 4.00. The van der Waals surface area contributed by atoms with Crippen molar-refractivity contribution in [3.8, 4) is 0 Å². The molecule has 0 aliphatic heterocycles. The van der Waals surface area contributed by atoms with Crippen molar-refractivity contribution in [1.29, 1.82) is 0 Å². The third-order valence-corrected chi connectivity index (χ3v) is 5.25. The van der Waals surface area contributed by atoms with E-state index in [1.807, 2.05) is 6.07 Å². The number of hydrogen-bond donors (Lipinski definition) is 1. The number of hydrogen-bond acceptors (Lipinski definition) is 2. The molecule has 1 N–H and O–H groups in total. The van der Waals surface area contributed by atoms with Crippen molar-refractivity contribution in [2.24, 2.45) is 5.92 Å². The Bertz CT molecular complexity index is 588. The van der Waals surface area contributed by atoms with Crippen LogP contribution in [0.15, 0.2) is 36.4 Å². The average Bonchev–Trinajstić information content (AvgIpc) is 3.19. The van der Waals surface area contributed by atoms with Gasteiger partial charge in [-0.15, -0.1) is 11.3 Å². The van der Waals surface area contributed by atoms with Crippen molar-refractivity contribution >= 4 is 22.9 Å². The van der Waals surface area contributed by atoms with Gasteiger partial charge >= 0.3 is 0 Å². The molecule has 0 spiro atoms. The SMILES string of the molecule is Cc1cccc(CC(CNC2CC2)Cc2ccc(Cl)s2)c1. The maximum atomic E-state index is 6.07. The highest BCUT2D eigenvalue weighted by Crippen LogP contribution is 2.26. The molecule has 0 amide bonds. The second-order valence-electron chi connectivity index (χ2n) is 6.15. The molecule has 2 aromatic rings. The molecule has 3 heteroatoms. The molecule has 0 bridgehead atoms. The van der Waals surface area contributed by atoms with Crippen LogP contribution >= 0.6 is 22.9 Å². The Labute approximate surface area is 136 Å². The second kappa shape index (κ2) is 6.95. The molecule has 112 valence electrons. The summed E-state index contributed by atoms with van der Waals surface area (Å²) in [6, 6.07) is 13.9. The van der Waals surface area contributed by atoms with Crippen molar-refractivity contribution in [2.45, 2.75) is 38.6 Å². The minimum Gasteiger partial charge on any atom is -0.314 e. The molecular weight excluding hydrogens is 298 g/mol. The van der Waals surface area contributed by atoms with Crippen molar-refractivity contribution < 1.29 is 0 Å². The van der Waals surface area contributed by atoms with Crippen LogP contribution in [0.25, 0.3) is 0 Å². The van der Waals surface area contributed by atoms with E-state index in [1.165, 1.54) is 28.8 Å². The van der Waals surface area contributed by atoms with Crippen LogP contribution in [0.3, 0.4) is 0 Å². The summed E-state index contributed by atoms with van der Waals surface area (Å²) in [6.07, 6.45) is 4.95. The van der Waals surface area contributed by atoms with Crippen LogP contribution < -0.4 is 5.32 Å². The van der Waals surface area contributed by atoms with Crippen molar-refractivity contribution in [3.05, 3.63) is 56.7 Å². The van der Waals surface area contributed by atoms with Crippen molar-refractivity contribution in [1.82, 2.24) is 5.32 Å². The lowest BCUT2D eigenvalue weighted by atomic mass is 9.94. The van der Waals surface area contributed by atoms with E-state index in [2.05, 4.69) is 42.6 Å². The Morgan fingerprint density at radius 1 is 1.24 bits per heavy atom. The van der Waals surface area contributed by atoms with Gasteiger partial charge in [0.25, 0.3) is 0 Å². The van der Waals surface area contributed by atoms with Crippen LogP contribution in [0.4, 0.5) is 0 Å². The topological polar surface area (TPSA) is 12.0 Å². The first-order chi connectivity index (χ1) is 10.2. The van der Waals surface area contributed by atoms with Gasteiger partial charge in [-0.1, -0.05) is 41.4 Å². The Balaban J connectivity index is 1.65. The fourth-order valence-electron chi connectivity index (χ4n) is 2.76. The van der Waals surface area contributed by atoms with Gasteiger partial charge < -0.3 is 5.32 Å². The fourth-order valence-corrected chi connectivity index (χ4v) is 3.96. The maximum absolute atomic E-state index is 6.07. The monoisotopic (exact) mass is 319 g/mol. The number of benzene rings is 1. The summed E-state index contributed by atoms with van der Waals surface area (Å²) in [5, 5.41) is 3.69. The molecule has 1 aromatic heterocycles. The van der Waals surface area contributed by atoms with Crippen LogP contribution in [0.1, 0.15) is 28.8 Å². The standard InChI is InChI=1S/C18H22ClNS/c1-13-3-2-4-14(9-13)10-15(12-20-16-5-6-16)11-17-7-8-18(19)21-17/h2-4,7-9,15-16,20H,5-6,10-12H2,1H3. The van der Waals surface area contributed by atoms with Crippen LogP contribution in [0.2, 0.25) is 4.34 Å². The number of thiophene rings is 1. The van der Waals surface area contributed by atoms with Crippen LogP contribution in [0, 0.1) is 12.8 Å². The van der Waals surface area contributed by atoms with E-state index in [0.29, 0.717) is 5.92 Å². The zero-order valence-corrected chi connectivity index (χ0v) is 14.0. The smallest absolute Gasteiger partial charge is 0.0931 e. The van der Waals surface area contributed by atoms with E-state index >= 15 is 0 Å². The van der Waals surface area contributed by atoms with Gasteiger partial charge in [-0.25, -0.2) is 0 Å². The van der Waals surface area contributed by atoms with Gasteiger partial charge in [-0.2, -0.15) is 0 Å². The highest BCUT2D eigenvalue weighted by molar-refractivity contribution is 7.16. The first-order valence-electron chi connectivity index (χ1n) is 7.72. The zero-order valence-electron chi connectivity index (χ0n) is 12.4. The summed E-state index contributed by atoms with van der Waals surface area (Å²) in [6.45, 7) is 3.27. The second-order valence-corrected chi connectivity index (χ2v) is 7.95. The number of rotatable bonds is 7. The van der Waals surface area contributed by atoms with Gasteiger partial charge in [0, 0.05) is 10.9 Å². The molecule has 1 fully saturated rings. The van der Waals surface area contributed by atoms with Crippen LogP contribution in [-0.2, 0) is 12.8 Å². The molecule has 0 radical (unpaired) electrons. The summed E-state index contributed by atoms with van der Waals surface area (Å²) in [7, 11) is 0. The first kappa shape index (κ1) is 15.1. The maximum Gasteiger partial charge on any atom is 0.0931 e. The lowest BCUT2D eigenvalue weighted by Gasteiger charge is -2.17. The molecule has 1 nitrogen and oxygen atoms in total. The van der Waals surface area contributed by atoms with Crippen molar-refractivity contribution in [2.75, 3.05) is 6.54 Å². The Morgan fingerprint density at radius 3 is 2.76 bits per heavy atom. The van der Waals surface area contributed by atoms with Gasteiger partial charge in [0.05, 0.1) is 4.34 Å². The van der Waals surface area contributed by atoms with Gasteiger partial charge in [-0.05, 0) is 62.8 Å². The minimum absolute atomic E-state index is 0.641. The molecule has 0 saturated heterocycles. The molecule has 1 aliphatic carbocycles. The molecule has 1 atom stereocenters. The van der Waals surface area contributed by atoms with Crippen molar-refractivity contribution in [3.63, 3.8) is 0 Å². The largest absolute Gasteiger partial charge is 0.314 e. The van der Waals surface area contributed by atoms with E-state index in [9.17, 15) is 0 Å². The number of aryl methyl sites for hydroxylation is 1. The average molecular weight is 320 g/mol. The molecule has 1 saturated carbocycles. The van der Waals surface area contributed by atoms with E-state index in [0.717, 1.165) is 29.8 Å². The zero-order chi connectivity index (χ0) is 14.7. The lowest BCUT2D eigenvalue weighted by molar-refractivity contribution is 0.471. The molecular formula is C18H22ClNS. The summed E-state index contributed by atoms with van der Waals surface area (Å²) in [4.78, 5) is 1.40. The van der Waals surface area contributed by atoms with Gasteiger partial charge in [-0.3, -0.25) is 0 Å². The van der Waals surface area contributed by atoms with E-state index < -0.39 is 0 Å². The molecule has 21 heavy (non-hydrogen) atoms. The normalized spacial score (nSPS) is 16.1. The summed E-state index contributed by atoms with van der Waals surface area (Å²) < 4.78 is 0.898. The Kier molecular flexibility index (Phi) is 4.99. The molecule has 1 unspecified atom stereocenters. The minimum atomic E-state index is 0.641. The summed E-state index contributed by atoms with van der Waals surface area (Å²) >= 11 is 7.78. The molecule has 1 aliphatic rings. The third kappa shape index (κ3) is 4.84. The Morgan fingerprint density at radius 2 is 2.10 bits per heavy atom.